The molecule has 3 nitrogen and oxygen atoms in total. The Hall–Kier alpha value is -1.11. The first-order valence-electron chi connectivity index (χ1n) is 7.53. The van der Waals surface area contributed by atoms with Crippen LogP contribution in [-0.4, -0.2) is 48.1 Å². The molecule has 1 fully saturated rings. The topological polar surface area (TPSA) is 32.5 Å². The summed E-state index contributed by atoms with van der Waals surface area (Å²) >= 11 is 0. The van der Waals surface area contributed by atoms with Gasteiger partial charge in [0, 0.05) is 44.8 Å². The van der Waals surface area contributed by atoms with Gasteiger partial charge in [0.2, 0.25) is 0 Å². The molecule has 2 rings (SSSR count). The predicted molar refractivity (Wildman–Crippen MR) is 81.4 cm³/mol. The van der Waals surface area contributed by atoms with Crippen molar-refractivity contribution < 1.29 is 13.2 Å². The van der Waals surface area contributed by atoms with Crippen LogP contribution in [0, 0.1) is 0 Å². The molecule has 0 bridgehead atoms. The molecule has 22 heavy (non-hydrogen) atoms. The van der Waals surface area contributed by atoms with Crippen molar-refractivity contribution in [2.45, 2.75) is 32.1 Å². The molecule has 0 unspecified atom stereocenters. The molecule has 0 aliphatic carbocycles. The van der Waals surface area contributed by atoms with Gasteiger partial charge in [-0.1, -0.05) is 18.2 Å². The van der Waals surface area contributed by atoms with E-state index in [4.69, 9.17) is 5.73 Å². The van der Waals surface area contributed by atoms with Crippen LogP contribution in [0.2, 0.25) is 0 Å². The van der Waals surface area contributed by atoms with Gasteiger partial charge in [0.25, 0.3) is 0 Å². The van der Waals surface area contributed by atoms with Crippen LogP contribution in [-0.2, 0) is 12.7 Å². The Bertz CT molecular complexity index is 486. The minimum Gasteiger partial charge on any atom is -0.324 e. The second kappa shape index (κ2) is 6.56. The van der Waals surface area contributed by atoms with Crippen molar-refractivity contribution in [3.8, 4) is 0 Å². The Kier molecular flexibility index (Phi) is 5.14. The standard InChI is InChI=1S/C16H24F3N3/c1-15(2,20)12-22-8-6-21(7-9-22)11-13-4-3-5-14(10-13)16(17,18)19/h3-5,10H,6-9,11-12,20H2,1-2H3. The molecule has 0 saturated carbocycles. The Morgan fingerprint density at radius 2 is 1.64 bits per heavy atom. The van der Waals surface area contributed by atoms with Gasteiger partial charge in [0.1, 0.15) is 0 Å². The fourth-order valence-electron chi connectivity index (χ4n) is 2.79. The lowest BCUT2D eigenvalue weighted by Gasteiger charge is -2.37. The van der Waals surface area contributed by atoms with Gasteiger partial charge in [0.05, 0.1) is 5.56 Å². The summed E-state index contributed by atoms with van der Waals surface area (Å²) in [5.74, 6) is 0. The molecule has 0 spiro atoms. The van der Waals surface area contributed by atoms with Gasteiger partial charge in [-0.2, -0.15) is 13.2 Å². The fourth-order valence-corrected chi connectivity index (χ4v) is 2.79. The van der Waals surface area contributed by atoms with Crippen molar-refractivity contribution in [2.24, 2.45) is 5.73 Å². The van der Waals surface area contributed by atoms with E-state index < -0.39 is 11.7 Å². The molecule has 0 aromatic heterocycles. The molecule has 0 atom stereocenters. The quantitative estimate of drug-likeness (QED) is 0.927. The highest BCUT2D eigenvalue weighted by atomic mass is 19.4. The van der Waals surface area contributed by atoms with Gasteiger partial charge < -0.3 is 5.73 Å². The minimum atomic E-state index is -4.28. The SMILES string of the molecule is CC(C)(N)CN1CCN(Cc2cccc(C(F)(F)F)c2)CC1. The molecule has 1 heterocycles. The lowest BCUT2D eigenvalue weighted by atomic mass is 10.1. The van der Waals surface area contributed by atoms with Crippen LogP contribution in [0.4, 0.5) is 13.2 Å². The van der Waals surface area contributed by atoms with E-state index >= 15 is 0 Å². The number of benzene rings is 1. The third-order valence-electron chi connectivity index (χ3n) is 3.76. The molecule has 2 N–H and O–H groups in total. The van der Waals surface area contributed by atoms with Crippen molar-refractivity contribution in [1.29, 1.82) is 0 Å². The van der Waals surface area contributed by atoms with E-state index in [-0.39, 0.29) is 5.54 Å². The van der Waals surface area contributed by atoms with Crippen molar-refractivity contribution in [2.75, 3.05) is 32.7 Å². The van der Waals surface area contributed by atoms with Crippen molar-refractivity contribution in [3.63, 3.8) is 0 Å². The summed E-state index contributed by atoms with van der Waals surface area (Å²) in [5, 5.41) is 0. The van der Waals surface area contributed by atoms with Crippen molar-refractivity contribution in [1.82, 2.24) is 9.80 Å². The molecule has 124 valence electrons. The Morgan fingerprint density at radius 3 is 2.18 bits per heavy atom. The van der Waals surface area contributed by atoms with Crippen LogP contribution in [0.5, 0.6) is 0 Å². The van der Waals surface area contributed by atoms with E-state index in [0.29, 0.717) is 12.1 Å². The van der Waals surface area contributed by atoms with E-state index in [1.807, 2.05) is 13.8 Å². The smallest absolute Gasteiger partial charge is 0.324 e. The van der Waals surface area contributed by atoms with Crippen LogP contribution in [0.1, 0.15) is 25.0 Å². The highest BCUT2D eigenvalue weighted by molar-refractivity contribution is 5.25. The number of halogens is 3. The van der Waals surface area contributed by atoms with Crippen LogP contribution in [0.25, 0.3) is 0 Å². The maximum atomic E-state index is 12.7. The zero-order valence-corrected chi connectivity index (χ0v) is 13.2. The van der Waals surface area contributed by atoms with E-state index in [9.17, 15) is 13.2 Å². The molecule has 0 amide bonds. The molecule has 1 saturated heterocycles. The summed E-state index contributed by atoms with van der Waals surface area (Å²) in [6, 6.07) is 5.59. The highest BCUT2D eigenvalue weighted by Gasteiger charge is 2.30. The van der Waals surface area contributed by atoms with Crippen LogP contribution >= 0.6 is 0 Å². The minimum absolute atomic E-state index is 0.219. The van der Waals surface area contributed by atoms with Crippen LogP contribution in [0.3, 0.4) is 0 Å². The largest absolute Gasteiger partial charge is 0.416 e. The van der Waals surface area contributed by atoms with Gasteiger partial charge in [-0.25, -0.2) is 0 Å². The van der Waals surface area contributed by atoms with Gasteiger partial charge in [-0.05, 0) is 25.5 Å². The summed E-state index contributed by atoms with van der Waals surface area (Å²) in [6.45, 7) is 8.91. The second-order valence-electron chi connectivity index (χ2n) is 6.74. The number of piperazine rings is 1. The molecular formula is C16H24F3N3. The van der Waals surface area contributed by atoms with Crippen molar-refractivity contribution >= 4 is 0 Å². The first kappa shape index (κ1) is 17.2. The molecular weight excluding hydrogens is 291 g/mol. The number of hydrogen-bond donors (Lipinski definition) is 1. The molecule has 0 radical (unpaired) electrons. The van der Waals surface area contributed by atoms with E-state index in [1.54, 1.807) is 6.07 Å². The van der Waals surface area contributed by atoms with Crippen LogP contribution < -0.4 is 5.73 Å². The van der Waals surface area contributed by atoms with Crippen molar-refractivity contribution in [3.05, 3.63) is 35.4 Å². The number of rotatable bonds is 4. The average Bonchev–Trinajstić information content (AvgIpc) is 2.39. The number of hydrogen-bond acceptors (Lipinski definition) is 3. The lowest BCUT2D eigenvalue weighted by molar-refractivity contribution is -0.137. The summed E-state index contributed by atoms with van der Waals surface area (Å²) in [7, 11) is 0. The highest BCUT2D eigenvalue weighted by Crippen LogP contribution is 2.29. The molecule has 1 aliphatic heterocycles. The van der Waals surface area contributed by atoms with Gasteiger partial charge in [0.15, 0.2) is 0 Å². The Balaban J connectivity index is 1.89. The molecule has 1 aliphatic rings. The van der Waals surface area contributed by atoms with Crippen LogP contribution in [0.15, 0.2) is 24.3 Å². The molecule has 1 aromatic rings. The zero-order chi connectivity index (χ0) is 16.4. The van der Waals surface area contributed by atoms with E-state index in [2.05, 4.69) is 9.80 Å². The number of nitrogens with zero attached hydrogens (tertiary/aromatic N) is 2. The number of alkyl halides is 3. The summed E-state index contributed by atoms with van der Waals surface area (Å²) in [6.07, 6.45) is -4.28. The molecule has 1 aromatic carbocycles. The maximum absolute atomic E-state index is 12.7. The Labute approximate surface area is 129 Å². The number of nitrogens with two attached hydrogens (primary N) is 1. The first-order valence-corrected chi connectivity index (χ1v) is 7.53. The fraction of sp³-hybridized carbons (Fsp3) is 0.625. The summed E-state index contributed by atoms with van der Waals surface area (Å²) < 4.78 is 38.2. The second-order valence-corrected chi connectivity index (χ2v) is 6.74. The van der Waals surface area contributed by atoms with E-state index in [0.717, 1.165) is 38.8 Å². The third-order valence-corrected chi connectivity index (χ3v) is 3.76. The predicted octanol–water partition coefficient (Wildman–Crippen LogP) is 2.56. The van der Waals surface area contributed by atoms with Gasteiger partial charge >= 0.3 is 6.18 Å². The summed E-state index contributed by atoms with van der Waals surface area (Å²) in [5.41, 5.74) is 5.94. The zero-order valence-electron chi connectivity index (χ0n) is 13.2. The maximum Gasteiger partial charge on any atom is 0.416 e. The normalized spacial score (nSPS) is 18.6. The first-order chi connectivity index (χ1) is 10.1. The Morgan fingerprint density at radius 1 is 1.05 bits per heavy atom. The monoisotopic (exact) mass is 315 g/mol. The van der Waals surface area contributed by atoms with E-state index in [1.165, 1.54) is 12.1 Å². The third kappa shape index (κ3) is 5.26. The molecule has 6 heteroatoms. The van der Waals surface area contributed by atoms with Gasteiger partial charge in [-0.3, -0.25) is 9.80 Å². The summed E-state index contributed by atoms with van der Waals surface area (Å²) in [4.78, 5) is 4.50. The van der Waals surface area contributed by atoms with Gasteiger partial charge in [-0.15, -0.1) is 0 Å². The lowest BCUT2D eigenvalue weighted by Crippen LogP contribution is -2.52. The average molecular weight is 315 g/mol.